The zero-order chi connectivity index (χ0) is 14.5. The minimum absolute atomic E-state index is 0.0228. The van der Waals surface area contributed by atoms with E-state index in [1.807, 2.05) is 6.07 Å². The van der Waals surface area contributed by atoms with E-state index in [1.54, 1.807) is 6.07 Å². The maximum absolute atomic E-state index is 13.2. The average Bonchev–Trinajstić information content (AvgIpc) is 2.82. The predicted molar refractivity (Wildman–Crippen MR) is 79.5 cm³/mol. The largest absolute Gasteiger partial charge is 0.459 e. The van der Waals surface area contributed by atoms with Gasteiger partial charge < -0.3 is 4.42 Å². The van der Waals surface area contributed by atoms with E-state index in [2.05, 4.69) is 19.3 Å². The molecule has 110 valence electrons. The SMILES string of the molecule is CCCC(CCC)C(NN)c1cc2cc(F)ccc2o1. The normalized spacial score (nSPS) is 13.2. The lowest BCUT2D eigenvalue weighted by Gasteiger charge is -2.24. The van der Waals surface area contributed by atoms with E-state index < -0.39 is 0 Å². The minimum Gasteiger partial charge on any atom is -0.459 e. The van der Waals surface area contributed by atoms with Gasteiger partial charge in [-0.05, 0) is 43.0 Å². The highest BCUT2D eigenvalue weighted by Crippen LogP contribution is 2.32. The van der Waals surface area contributed by atoms with E-state index >= 15 is 0 Å². The van der Waals surface area contributed by atoms with Gasteiger partial charge in [0.1, 0.15) is 17.2 Å². The number of hydrogen-bond donors (Lipinski definition) is 2. The van der Waals surface area contributed by atoms with Crippen molar-refractivity contribution < 1.29 is 8.81 Å². The van der Waals surface area contributed by atoms with Gasteiger partial charge in [0.2, 0.25) is 0 Å². The Morgan fingerprint density at radius 1 is 1.20 bits per heavy atom. The van der Waals surface area contributed by atoms with Crippen molar-refractivity contribution >= 4 is 11.0 Å². The highest BCUT2D eigenvalue weighted by atomic mass is 19.1. The summed E-state index contributed by atoms with van der Waals surface area (Å²) >= 11 is 0. The van der Waals surface area contributed by atoms with Crippen molar-refractivity contribution in [3.8, 4) is 0 Å². The summed E-state index contributed by atoms with van der Waals surface area (Å²) in [5, 5.41) is 0.784. The standard InChI is InChI=1S/C16H23FN2O/c1-3-5-11(6-4-2)16(19-18)15-10-12-9-13(17)7-8-14(12)20-15/h7-11,16,19H,3-6,18H2,1-2H3. The Morgan fingerprint density at radius 2 is 1.90 bits per heavy atom. The molecule has 0 aliphatic rings. The second-order valence-electron chi connectivity index (χ2n) is 5.31. The Labute approximate surface area is 119 Å². The molecule has 2 rings (SSSR count). The summed E-state index contributed by atoms with van der Waals surface area (Å²) in [5.41, 5.74) is 3.58. The van der Waals surface area contributed by atoms with Crippen LogP contribution in [0.3, 0.4) is 0 Å². The number of hydrazine groups is 1. The number of halogens is 1. The van der Waals surface area contributed by atoms with Crippen LogP contribution in [0.4, 0.5) is 4.39 Å². The van der Waals surface area contributed by atoms with Crippen molar-refractivity contribution in [2.75, 3.05) is 0 Å². The van der Waals surface area contributed by atoms with Crippen molar-refractivity contribution in [3.05, 3.63) is 35.8 Å². The number of furan rings is 1. The van der Waals surface area contributed by atoms with Crippen LogP contribution in [-0.2, 0) is 0 Å². The molecule has 0 radical (unpaired) electrons. The molecule has 3 N–H and O–H groups in total. The van der Waals surface area contributed by atoms with Crippen molar-refractivity contribution in [2.24, 2.45) is 11.8 Å². The number of nitrogens with one attached hydrogen (secondary N) is 1. The first kappa shape index (κ1) is 15.0. The highest BCUT2D eigenvalue weighted by molar-refractivity contribution is 5.78. The highest BCUT2D eigenvalue weighted by Gasteiger charge is 2.24. The van der Waals surface area contributed by atoms with Crippen molar-refractivity contribution in [1.29, 1.82) is 0 Å². The van der Waals surface area contributed by atoms with Crippen LogP contribution in [0, 0.1) is 11.7 Å². The first-order valence-electron chi connectivity index (χ1n) is 7.34. The van der Waals surface area contributed by atoms with Gasteiger partial charge >= 0.3 is 0 Å². The first-order valence-corrected chi connectivity index (χ1v) is 7.34. The number of benzene rings is 1. The Balaban J connectivity index is 2.31. The first-order chi connectivity index (χ1) is 9.69. The van der Waals surface area contributed by atoms with Crippen LogP contribution < -0.4 is 11.3 Å². The van der Waals surface area contributed by atoms with E-state index in [9.17, 15) is 4.39 Å². The molecule has 4 heteroatoms. The molecule has 1 atom stereocenters. The lowest BCUT2D eigenvalue weighted by Crippen LogP contribution is -2.33. The van der Waals surface area contributed by atoms with Gasteiger partial charge in [-0.3, -0.25) is 5.84 Å². The van der Waals surface area contributed by atoms with Gasteiger partial charge in [0.15, 0.2) is 0 Å². The lowest BCUT2D eigenvalue weighted by atomic mass is 9.89. The monoisotopic (exact) mass is 278 g/mol. The summed E-state index contributed by atoms with van der Waals surface area (Å²) in [7, 11) is 0. The summed E-state index contributed by atoms with van der Waals surface area (Å²) in [4.78, 5) is 0. The summed E-state index contributed by atoms with van der Waals surface area (Å²) < 4.78 is 19.1. The van der Waals surface area contributed by atoms with E-state index in [4.69, 9.17) is 10.3 Å². The van der Waals surface area contributed by atoms with Gasteiger partial charge in [0.25, 0.3) is 0 Å². The van der Waals surface area contributed by atoms with E-state index in [0.717, 1.165) is 36.8 Å². The van der Waals surface area contributed by atoms with Gasteiger partial charge in [-0.1, -0.05) is 26.7 Å². The van der Waals surface area contributed by atoms with E-state index in [-0.39, 0.29) is 11.9 Å². The lowest BCUT2D eigenvalue weighted by molar-refractivity contribution is 0.284. The summed E-state index contributed by atoms with van der Waals surface area (Å²) in [6.07, 6.45) is 4.40. The molecule has 1 aromatic heterocycles. The van der Waals surface area contributed by atoms with Crippen LogP contribution in [-0.4, -0.2) is 0 Å². The van der Waals surface area contributed by atoms with Crippen LogP contribution in [0.5, 0.6) is 0 Å². The molecule has 1 aromatic carbocycles. The number of rotatable bonds is 7. The second-order valence-corrected chi connectivity index (χ2v) is 5.31. The molecule has 0 aliphatic carbocycles. The second kappa shape index (κ2) is 6.86. The van der Waals surface area contributed by atoms with Crippen molar-refractivity contribution in [3.63, 3.8) is 0 Å². The summed E-state index contributed by atoms with van der Waals surface area (Å²) in [6.45, 7) is 4.34. The smallest absolute Gasteiger partial charge is 0.134 e. The third-order valence-corrected chi connectivity index (χ3v) is 3.77. The number of hydrogen-bond acceptors (Lipinski definition) is 3. The summed E-state index contributed by atoms with van der Waals surface area (Å²) in [5.74, 6) is 6.71. The molecule has 3 nitrogen and oxygen atoms in total. The van der Waals surface area contributed by atoms with Gasteiger partial charge in [0.05, 0.1) is 6.04 Å². The molecule has 0 saturated carbocycles. The molecule has 1 unspecified atom stereocenters. The van der Waals surface area contributed by atoms with Crippen LogP contribution in [0.25, 0.3) is 11.0 Å². The quantitative estimate of drug-likeness (QED) is 0.586. The third kappa shape index (κ3) is 3.19. The van der Waals surface area contributed by atoms with Crippen LogP contribution in [0.2, 0.25) is 0 Å². The summed E-state index contributed by atoms with van der Waals surface area (Å²) in [6, 6.07) is 6.43. The fraction of sp³-hybridized carbons (Fsp3) is 0.500. The molecule has 0 fully saturated rings. The molecule has 0 amide bonds. The molecular weight excluding hydrogens is 255 g/mol. The Bertz CT molecular complexity index is 546. The Morgan fingerprint density at radius 3 is 2.50 bits per heavy atom. The topological polar surface area (TPSA) is 51.2 Å². The molecular formula is C16H23FN2O. The zero-order valence-corrected chi connectivity index (χ0v) is 12.2. The van der Waals surface area contributed by atoms with Gasteiger partial charge in [0, 0.05) is 5.39 Å². The maximum Gasteiger partial charge on any atom is 0.134 e. The van der Waals surface area contributed by atoms with E-state index in [0.29, 0.717) is 11.5 Å². The third-order valence-electron chi connectivity index (χ3n) is 3.77. The zero-order valence-electron chi connectivity index (χ0n) is 12.2. The molecule has 2 aromatic rings. The molecule has 20 heavy (non-hydrogen) atoms. The molecule has 0 saturated heterocycles. The van der Waals surface area contributed by atoms with Crippen LogP contribution in [0.15, 0.2) is 28.7 Å². The molecule has 0 spiro atoms. The van der Waals surface area contributed by atoms with Gasteiger partial charge in [-0.25, -0.2) is 9.82 Å². The Kier molecular flexibility index (Phi) is 5.15. The Hall–Kier alpha value is -1.39. The predicted octanol–water partition coefficient (Wildman–Crippen LogP) is 4.29. The van der Waals surface area contributed by atoms with Crippen LogP contribution in [0.1, 0.15) is 51.3 Å². The molecule has 0 bridgehead atoms. The van der Waals surface area contributed by atoms with E-state index in [1.165, 1.54) is 12.1 Å². The fourth-order valence-corrected chi connectivity index (χ4v) is 2.86. The minimum atomic E-state index is -0.249. The van der Waals surface area contributed by atoms with Crippen LogP contribution >= 0.6 is 0 Å². The number of nitrogens with two attached hydrogens (primary N) is 1. The van der Waals surface area contributed by atoms with Gasteiger partial charge in [-0.2, -0.15) is 0 Å². The van der Waals surface area contributed by atoms with Crippen molar-refractivity contribution in [2.45, 2.75) is 45.6 Å². The molecule has 0 aliphatic heterocycles. The maximum atomic E-state index is 13.2. The average molecular weight is 278 g/mol. The van der Waals surface area contributed by atoms with Gasteiger partial charge in [-0.15, -0.1) is 0 Å². The molecule has 1 heterocycles. The van der Waals surface area contributed by atoms with Crippen molar-refractivity contribution in [1.82, 2.24) is 5.43 Å². The fourth-order valence-electron chi connectivity index (χ4n) is 2.86. The number of fused-ring (bicyclic) bond motifs is 1.